The van der Waals surface area contributed by atoms with Crippen LogP contribution in [0.1, 0.15) is 5.69 Å². The van der Waals surface area contributed by atoms with Crippen LogP contribution in [0.15, 0.2) is 57.0 Å². The van der Waals surface area contributed by atoms with E-state index < -0.39 is 29.2 Å². The molecule has 1 saturated heterocycles. The first-order valence-corrected chi connectivity index (χ1v) is 15.6. The molecule has 2 atom stereocenters. The quantitative estimate of drug-likeness (QED) is 0.0384. The van der Waals surface area contributed by atoms with Gasteiger partial charge in [0.05, 0.1) is 0 Å². The molecule has 14 nitrogen and oxygen atoms in total. The number of thioether (sulfide) groups is 2. The van der Waals surface area contributed by atoms with Crippen molar-refractivity contribution in [1.82, 2.24) is 25.4 Å². The van der Waals surface area contributed by atoms with E-state index in [0.717, 1.165) is 11.3 Å². The summed E-state index contributed by atoms with van der Waals surface area (Å²) in [5.41, 5.74) is 6.63. The van der Waals surface area contributed by atoms with Crippen LogP contribution in [0.4, 0.5) is 5.13 Å². The zero-order valence-corrected chi connectivity index (χ0v) is 24.6. The average Bonchev–Trinajstić information content (AvgIpc) is 3.62. The van der Waals surface area contributed by atoms with Gasteiger partial charge in [0.25, 0.3) is 11.8 Å². The van der Waals surface area contributed by atoms with E-state index in [1.165, 1.54) is 63.3 Å². The SMILES string of the molecule is C=CCON=C(C(=O)N[C@@H]1C(=O)N2C(C(=O)O)=C(CSc3nnc(-c4ccc(O)c(O)c4)s3)CS[C@H]12)c1csc(N)n1. The van der Waals surface area contributed by atoms with E-state index in [2.05, 4.69) is 32.2 Å². The molecule has 0 bridgehead atoms. The number of phenolic OH excluding ortho intramolecular Hbond substituents is 2. The highest BCUT2D eigenvalue weighted by Gasteiger charge is 2.54. The number of thiazole rings is 1. The number of nitrogens with one attached hydrogen (secondary N) is 1. The lowest BCUT2D eigenvalue weighted by molar-refractivity contribution is -0.150. The molecule has 6 N–H and O–H groups in total. The normalized spacial score (nSPS) is 18.3. The lowest BCUT2D eigenvalue weighted by Gasteiger charge is -2.49. The van der Waals surface area contributed by atoms with Gasteiger partial charge in [-0.2, -0.15) is 0 Å². The summed E-state index contributed by atoms with van der Waals surface area (Å²) in [6.45, 7) is 3.56. The summed E-state index contributed by atoms with van der Waals surface area (Å²) in [6.07, 6.45) is 1.45. The molecule has 2 aliphatic heterocycles. The summed E-state index contributed by atoms with van der Waals surface area (Å²) in [6, 6.07) is 3.32. The van der Waals surface area contributed by atoms with Crippen LogP contribution in [0.3, 0.4) is 0 Å². The third-order valence-corrected chi connectivity index (χ3v) is 10.1. The van der Waals surface area contributed by atoms with Gasteiger partial charge in [-0.3, -0.25) is 14.5 Å². The number of carbonyl (C=O) groups is 3. The summed E-state index contributed by atoms with van der Waals surface area (Å²) < 4.78 is 0.551. The maximum atomic E-state index is 13.1. The van der Waals surface area contributed by atoms with Gasteiger partial charge in [0.15, 0.2) is 26.7 Å². The van der Waals surface area contributed by atoms with E-state index >= 15 is 0 Å². The van der Waals surface area contributed by atoms with Crippen LogP contribution in [-0.2, 0) is 19.2 Å². The highest BCUT2D eigenvalue weighted by Crippen LogP contribution is 2.42. The second kappa shape index (κ2) is 12.4. The second-order valence-electron chi connectivity index (χ2n) is 8.58. The summed E-state index contributed by atoms with van der Waals surface area (Å²) in [4.78, 5) is 48.7. The number of nitrogens with two attached hydrogens (primary N) is 1. The predicted molar refractivity (Wildman–Crippen MR) is 158 cm³/mol. The number of oxime groups is 1. The van der Waals surface area contributed by atoms with E-state index in [9.17, 15) is 29.7 Å². The topological polar surface area (TPSA) is 213 Å². The zero-order valence-electron chi connectivity index (χ0n) is 21.3. The third-order valence-electron chi connectivity index (χ3n) is 5.86. The minimum Gasteiger partial charge on any atom is -0.504 e. The van der Waals surface area contributed by atoms with Gasteiger partial charge in [0.1, 0.15) is 34.4 Å². The third kappa shape index (κ3) is 5.91. The van der Waals surface area contributed by atoms with Gasteiger partial charge in [-0.1, -0.05) is 40.9 Å². The summed E-state index contributed by atoms with van der Waals surface area (Å²) >= 11 is 4.93. The molecule has 0 aliphatic carbocycles. The molecule has 1 aromatic carbocycles. The molecule has 2 aliphatic rings. The maximum Gasteiger partial charge on any atom is 0.352 e. The van der Waals surface area contributed by atoms with Crippen LogP contribution >= 0.6 is 46.2 Å². The summed E-state index contributed by atoms with van der Waals surface area (Å²) in [5.74, 6) is -2.55. The first-order chi connectivity index (χ1) is 20.2. The molecule has 42 heavy (non-hydrogen) atoms. The van der Waals surface area contributed by atoms with Crippen LogP contribution in [0, 0.1) is 0 Å². The number of aromatic nitrogens is 3. The van der Waals surface area contributed by atoms with Gasteiger partial charge in [0.2, 0.25) is 0 Å². The molecule has 0 saturated carbocycles. The van der Waals surface area contributed by atoms with Crippen LogP contribution in [0.2, 0.25) is 0 Å². The number of nitrogens with zero attached hydrogens (tertiary/aromatic N) is 5. The maximum absolute atomic E-state index is 13.1. The van der Waals surface area contributed by atoms with Crippen molar-refractivity contribution in [2.45, 2.75) is 15.8 Å². The fourth-order valence-electron chi connectivity index (χ4n) is 3.95. The Morgan fingerprint density at radius 2 is 2.12 bits per heavy atom. The van der Waals surface area contributed by atoms with Crippen molar-refractivity contribution in [2.24, 2.45) is 5.16 Å². The number of hydrogen-bond donors (Lipinski definition) is 5. The highest BCUT2D eigenvalue weighted by molar-refractivity contribution is 8.01. The number of anilines is 1. The Morgan fingerprint density at radius 3 is 2.81 bits per heavy atom. The van der Waals surface area contributed by atoms with E-state index in [-0.39, 0.29) is 46.1 Å². The number of carboxylic acids is 1. The predicted octanol–water partition coefficient (Wildman–Crippen LogP) is 2.09. The Bertz CT molecular complexity index is 1640. The van der Waals surface area contributed by atoms with Gasteiger partial charge in [-0.05, 0) is 23.8 Å². The number of fused-ring (bicyclic) bond motifs is 1. The van der Waals surface area contributed by atoms with Crippen molar-refractivity contribution < 1.29 is 34.5 Å². The van der Waals surface area contributed by atoms with Crippen LogP contribution in [0.5, 0.6) is 11.5 Å². The van der Waals surface area contributed by atoms with Crippen LogP contribution < -0.4 is 11.1 Å². The number of aliphatic carboxylic acids is 1. The lowest BCUT2D eigenvalue weighted by Crippen LogP contribution is -2.71. The first kappa shape index (κ1) is 29.4. The van der Waals surface area contributed by atoms with Crippen molar-refractivity contribution in [3.05, 3.63) is 53.2 Å². The monoisotopic (exact) mass is 647 g/mol. The van der Waals surface area contributed by atoms with Crippen molar-refractivity contribution in [3.63, 3.8) is 0 Å². The number of β-lactam (4-membered cyclic amide) rings is 1. The Morgan fingerprint density at radius 1 is 1.31 bits per heavy atom. The number of nitrogen functional groups attached to an aromatic ring is 1. The number of rotatable bonds is 11. The second-order valence-corrected chi connectivity index (χ2v) is 12.8. The van der Waals surface area contributed by atoms with Gasteiger partial charge in [-0.25, -0.2) is 9.78 Å². The fraction of sp³-hybridized carbons (Fsp3) is 0.208. The molecular formula is C24H21N7O7S4. The van der Waals surface area contributed by atoms with Crippen molar-refractivity contribution in [1.29, 1.82) is 0 Å². The Labute approximate surface area is 254 Å². The standard InChI is InChI=1S/C24H21N7O7S4/c1-2-5-38-30-15(12-9-40-23(25)26-12)18(34)27-16-20(35)31-17(22(36)37)11(7-39-21(16)31)8-41-24-29-28-19(42-24)10-3-4-13(32)14(33)6-10/h2-4,6,9,16,21,32-33H,1,5,7-8H2,(H2,25,26)(H,27,34)(H,36,37)/t16-,21-/m1/s1. The lowest BCUT2D eigenvalue weighted by atomic mass is 10.0. The molecule has 1 fully saturated rings. The zero-order chi connectivity index (χ0) is 30.0. The molecule has 5 rings (SSSR count). The number of amides is 2. The van der Waals surface area contributed by atoms with Crippen LogP contribution in [0.25, 0.3) is 10.6 Å². The van der Waals surface area contributed by atoms with Crippen LogP contribution in [-0.4, -0.2) is 88.4 Å². The molecule has 3 aromatic rings. The van der Waals surface area contributed by atoms with Crippen molar-refractivity contribution >= 4 is 74.8 Å². The van der Waals surface area contributed by atoms with E-state index in [1.54, 1.807) is 6.07 Å². The molecule has 0 unspecified atom stereocenters. The Hall–Kier alpha value is -4.13. The molecule has 218 valence electrons. The molecule has 2 aromatic heterocycles. The number of benzene rings is 1. The molecule has 2 amide bonds. The van der Waals surface area contributed by atoms with E-state index in [0.29, 0.717) is 26.2 Å². The van der Waals surface area contributed by atoms with Gasteiger partial charge >= 0.3 is 5.97 Å². The summed E-state index contributed by atoms with van der Waals surface area (Å²) in [5, 5.41) is 45.5. The fourth-order valence-corrected chi connectivity index (χ4v) is 7.83. The smallest absolute Gasteiger partial charge is 0.352 e. The average molecular weight is 648 g/mol. The van der Waals surface area contributed by atoms with Crippen molar-refractivity contribution in [3.8, 4) is 22.1 Å². The molecule has 18 heteroatoms. The molecule has 0 radical (unpaired) electrons. The van der Waals surface area contributed by atoms with Gasteiger partial charge < -0.3 is 31.2 Å². The van der Waals surface area contributed by atoms with E-state index in [4.69, 9.17) is 10.6 Å². The Balaban J connectivity index is 1.28. The molecule has 0 spiro atoms. The minimum atomic E-state index is -1.26. The first-order valence-electron chi connectivity index (χ1n) is 11.9. The van der Waals surface area contributed by atoms with Gasteiger partial charge in [-0.15, -0.1) is 33.3 Å². The number of carbonyl (C=O) groups excluding carboxylic acids is 2. The highest BCUT2D eigenvalue weighted by atomic mass is 32.2. The summed E-state index contributed by atoms with van der Waals surface area (Å²) in [7, 11) is 0. The minimum absolute atomic E-state index is 0.0390. The number of hydrogen-bond acceptors (Lipinski definition) is 15. The van der Waals surface area contributed by atoms with Gasteiger partial charge in [0, 0.05) is 22.4 Å². The van der Waals surface area contributed by atoms with E-state index in [1.807, 2.05) is 0 Å². The molecular weight excluding hydrogens is 627 g/mol. The number of phenols is 2. The number of aromatic hydroxyl groups is 2. The Kier molecular flexibility index (Phi) is 8.66. The van der Waals surface area contributed by atoms with Crippen molar-refractivity contribution in [2.75, 3.05) is 23.8 Å². The largest absolute Gasteiger partial charge is 0.504 e. The molecule has 4 heterocycles. The number of carboxylic acid groups (broad SMARTS) is 1.